The van der Waals surface area contributed by atoms with E-state index in [-0.39, 0.29) is 16.7 Å². The van der Waals surface area contributed by atoms with Crippen LogP contribution in [0.15, 0.2) is 53.1 Å². The van der Waals surface area contributed by atoms with Crippen LogP contribution in [-0.2, 0) is 19.1 Å². The number of nitrogens with zero attached hydrogens (tertiary/aromatic N) is 3. The van der Waals surface area contributed by atoms with Crippen molar-refractivity contribution in [3.8, 4) is 6.07 Å². The zero-order chi connectivity index (χ0) is 21.7. The minimum absolute atomic E-state index is 0.119. The molecule has 0 unspecified atom stereocenters. The van der Waals surface area contributed by atoms with Crippen LogP contribution in [0.2, 0.25) is 0 Å². The van der Waals surface area contributed by atoms with Gasteiger partial charge in [0.15, 0.2) is 0 Å². The number of imide groups is 1. The lowest BCUT2D eigenvalue weighted by atomic mass is 9.95. The molecule has 1 saturated heterocycles. The number of benzene rings is 1. The van der Waals surface area contributed by atoms with Crippen LogP contribution in [0.4, 0.5) is 5.69 Å². The number of anilines is 1. The number of hydrogen-bond acceptors (Lipinski definition) is 6. The van der Waals surface area contributed by atoms with E-state index in [2.05, 4.69) is 4.90 Å². The monoisotopic (exact) mass is 407 g/mol. The van der Waals surface area contributed by atoms with Crippen molar-refractivity contribution in [1.29, 1.82) is 5.26 Å². The van der Waals surface area contributed by atoms with Crippen LogP contribution < -0.4 is 4.90 Å². The van der Waals surface area contributed by atoms with Crippen LogP contribution in [0.5, 0.6) is 0 Å². The van der Waals surface area contributed by atoms with E-state index in [4.69, 9.17) is 9.84 Å². The Bertz CT molecular complexity index is 993. The maximum atomic E-state index is 12.6. The van der Waals surface area contributed by atoms with E-state index in [1.54, 1.807) is 18.2 Å². The van der Waals surface area contributed by atoms with Crippen molar-refractivity contribution in [2.24, 2.45) is 0 Å². The first-order valence-electron chi connectivity index (χ1n) is 9.43. The number of nitriles is 1. The molecule has 2 amide bonds. The zero-order valence-corrected chi connectivity index (χ0v) is 16.5. The van der Waals surface area contributed by atoms with E-state index in [1.807, 2.05) is 24.3 Å². The predicted molar refractivity (Wildman–Crippen MR) is 109 cm³/mol. The molecule has 30 heavy (non-hydrogen) atoms. The summed E-state index contributed by atoms with van der Waals surface area (Å²) in [6.45, 7) is 3.83. The molecule has 8 nitrogen and oxygen atoms in total. The average Bonchev–Trinajstić information content (AvgIpc) is 2.75. The quantitative estimate of drug-likeness (QED) is 0.585. The van der Waals surface area contributed by atoms with Crippen molar-refractivity contribution in [2.45, 2.75) is 6.92 Å². The summed E-state index contributed by atoms with van der Waals surface area (Å²) in [6.07, 6.45) is 4.93. The summed E-state index contributed by atoms with van der Waals surface area (Å²) >= 11 is 0. The number of allylic oxidation sites excluding steroid dienone is 2. The van der Waals surface area contributed by atoms with Gasteiger partial charge >= 0.3 is 5.97 Å². The number of hydrogen-bond donors (Lipinski definition) is 1. The fourth-order valence-corrected chi connectivity index (χ4v) is 3.31. The minimum atomic E-state index is -1.33. The molecule has 2 aliphatic rings. The van der Waals surface area contributed by atoms with Crippen molar-refractivity contribution in [1.82, 2.24) is 4.90 Å². The molecule has 0 saturated carbocycles. The lowest BCUT2D eigenvalue weighted by Gasteiger charge is -2.28. The lowest BCUT2D eigenvalue weighted by Crippen LogP contribution is -2.45. The number of aliphatic carboxylic acids is 1. The number of carbonyl (C=O) groups is 3. The molecule has 1 N–H and O–H groups in total. The highest BCUT2D eigenvalue weighted by molar-refractivity contribution is 6.19. The zero-order valence-electron chi connectivity index (χ0n) is 16.5. The maximum Gasteiger partial charge on any atom is 0.323 e. The Labute approximate surface area is 173 Å². The Kier molecular flexibility index (Phi) is 6.45. The fraction of sp³-hybridized carbons (Fsp3) is 0.273. The summed E-state index contributed by atoms with van der Waals surface area (Å²) in [6, 6.07) is 9.69. The normalized spacial score (nSPS) is 19.0. The molecule has 3 rings (SSSR count). The van der Waals surface area contributed by atoms with E-state index in [0.29, 0.717) is 18.1 Å². The van der Waals surface area contributed by atoms with Gasteiger partial charge in [0.25, 0.3) is 11.8 Å². The van der Waals surface area contributed by atoms with Crippen molar-refractivity contribution in [3.05, 3.63) is 58.7 Å². The largest absolute Gasteiger partial charge is 0.480 e. The molecule has 0 aromatic heterocycles. The van der Waals surface area contributed by atoms with Gasteiger partial charge in [-0.25, -0.2) is 0 Å². The Balaban J connectivity index is 1.80. The standard InChI is InChI=1S/C22H21N3O5/c1-15-18(21(28)25(14-20(26)27)22(29)19(15)13-23)4-2-3-16-5-7-17(8-6-16)24-9-11-30-12-10-24/h2-8H,9-12,14H2,1H3,(H,26,27)/b3-2+,18-4-. The average molecular weight is 407 g/mol. The molecular formula is C22H21N3O5. The molecule has 1 fully saturated rings. The third kappa shape index (κ3) is 4.47. The summed E-state index contributed by atoms with van der Waals surface area (Å²) in [5.74, 6) is -2.95. The van der Waals surface area contributed by atoms with Crippen LogP contribution in [-0.4, -0.2) is 60.6 Å². The van der Waals surface area contributed by atoms with E-state index in [9.17, 15) is 19.6 Å². The summed E-state index contributed by atoms with van der Waals surface area (Å²) in [4.78, 5) is 38.6. The Morgan fingerprint density at radius 3 is 2.47 bits per heavy atom. The molecule has 8 heteroatoms. The molecule has 154 valence electrons. The van der Waals surface area contributed by atoms with Gasteiger partial charge in [0.05, 0.1) is 13.2 Å². The van der Waals surface area contributed by atoms with E-state index >= 15 is 0 Å². The molecule has 2 aliphatic heterocycles. The first-order chi connectivity index (χ1) is 14.4. The Hall–Kier alpha value is -3.70. The van der Waals surface area contributed by atoms with Gasteiger partial charge in [-0.2, -0.15) is 5.26 Å². The van der Waals surface area contributed by atoms with Gasteiger partial charge in [-0.05, 0) is 36.3 Å². The van der Waals surface area contributed by atoms with Gasteiger partial charge < -0.3 is 14.7 Å². The summed E-state index contributed by atoms with van der Waals surface area (Å²) < 4.78 is 5.36. The molecule has 2 heterocycles. The Morgan fingerprint density at radius 2 is 1.87 bits per heavy atom. The molecule has 0 radical (unpaired) electrons. The number of carboxylic acid groups (broad SMARTS) is 1. The number of ether oxygens (including phenoxy) is 1. The topological polar surface area (TPSA) is 111 Å². The number of morpholine rings is 1. The van der Waals surface area contributed by atoms with E-state index in [1.165, 1.54) is 13.0 Å². The minimum Gasteiger partial charge on any atom is -0.480 e. The Morgan fingerprint density at radius 1 is 1.20 bits per heavy atom. The first-order valence-corrected chi connectivity index (χ1v) is 9.43. The van der Waals surface area contributed by atoms with Crippen molar-refractivity contribution in [3.63, 3.8) is 0 Å². The van der Waals surface area contributed by atoms with Gasteiger partial charge in [-0.15, -0.1) is 0 Å². The summed E-state index contributed by atoms with van der Waals surface area (Å²) in [7, 11) is 0. The van der Waals surface area contributed by atoms with Crippen LogP contribution in [0.25, 0.3) is 6.08 Å². The fourth-order valence-electron chi connectivity index (χ4n) is 3.31. The SMILES string of the molecule is CC1=C(C#N)C(=O)N(CC(=O)O)C(=O)/C1=C\C=C\c1ccc(N2CCOCC2)cc1. The van der Waals surface area contributed by atoms with Gasteiger partial charge in [0.1, 0.15) is 18.2 Å². The summed E-state index contributed by atoms with van der Waals surface area (Å²) in [5.41, 5.74) is 2.14. The second-order valence-corrected chi connectivity index (χ2v) is 6.83. The molecule has 1 aromatic rings. The number of rotatable bonds is 5. The molecule has 1 aromatic carbocycles. The van der Waals surface area contributed by atoms with Crippen molar-refractivity contribution < 1.29 is 24.2 Å². The molecule has 0 aliphatic carbocycles. The smallest absolute Gasteiger partial charge is 0.323 e. The van der Waals surface area contributed by atoms with Crippen LogP contribution in [0.1, 0.15) is 12.5 Å². The molecule has 0 atom stereocenters. The third-order valence-electron chi connectivity index (χ3n) is 4.94. The third-order valence-corrected chi connectivity index (χ3v) is 4.94. The van der Waals surface area contributed by atoms with E-state index < -0.39 is 24.3 Å². The van der Waals surface area contributed by atoms with Crippen molar-refractivity contribution >= 4 is 29.5 Å². The highest BCUT2D eigenvalue weighted by atomic mass is 16.5. The summed E-state index contributed by atoms with van der Waals surface area (Å²) in [5, 5.41) is 18.2. The molecule has 0 spiro atoms. The van der Waals surface area contributed by atoms with Crippen LogP contribution in [0.3, 0.4) is 0 Å². The van der Waals surface area contributed by atoms with Gasteiger partial charge in [0.2, 0.25) is 0 Å². The van der Waals surface area contributed by atoms with Gasteiger partial charge in [-0.1, -0.05) is 24.3 Å². The first kappa shape index (κ1) is 21.0. The lowest BCUT2D eigenvalue weighted by molar-refractivity contribution is -0.149. The van der Waals surface area contributed by atoms with Crippen LogP contribution >= 0.6 is 0 Å². The number of carbonyl (C=O) groups excluding carboxylic acids is 2. The highest BCUT2D eigenvalue weighted by Crippen LogP contribution is 2.25. The second-order valence-electron chi connectivity index (χ2n) is 6.83. The highest BCUT2D eigenvalue weighted by Gasteiger charge is 2.36. The second kappa shape index (κ2) is 9.20. The number of carboxylic acids is 1. The maximum absolute atomic E-state index is 12.6. The predicted octanol–water partition coefficient (Wildman–Crippen LogP) is 1.76. The number of amides is 2. The molecule has 0 bridgehead atoms. The van der Waals surface area contributed by atoms with Crippen molar-refractivity contribution in [2.75, 3.05) is 37.7 Å². The van der Waals surface area contributed by atoms with E-state index in [0.717, 1.165) is 24.3 Å². The van der Waals surface area contributed by atoms with Gasteiger partial charge in [0, 0.05) is 24.4 Å². The molecular weight excluding hydrogens is 386 g/mol. The van der Waals surface area contributed by atoms with Crippen LogP contribution in [0, 0.1) is 11.3 Å². The van der Waals surface area contributed by atoms with Gasteiger partial charge in [-0.3, -0.25) is 19.3 Å².